The molecule has 1 unspecified atom stereocenters. The molecule has 3 N–H and O–H groups in total. The Morgan fingerprint density at radius 2 is 1.48 bits per heavy atom. The van der Waals surface area contributed by atoms with E-state index in [9.17, 15) is 0 Å². The first kappa shape index (κ1) is 18.9. The molecule has 0 amide bonds. The van der Waals surface area contributed by atoms with Crippen LogP contribution in [0.5, 0.6) is 0 Å². The van der Waals surface area contributed by atoms with Gasteiger partial charge in [-0.2, -0.15) is 0 Å². The van der Waals surface area contributed by atoms with Crippen molar-refractivity contribution in [1.29, 1.82) is 0 Å². The fourth-order valence-corrected chi connectivity index (χ4v) is 4.08. The number of nitrogens with two attached hydrogens (primary N) is 1. The second-order valence-electron chi connectivity index (χ2n) is 7.19. The first-order valence-electron chi connectivity index (χ1n) is 9.31. The predicted molar refractivity (Wildman–Crippen MR) is 93.2 cm³/mol. The molecule has 1 rings (SSSR count). The van der Waals surface area contributed by atoms with Crippen molar-refractivity contribution >= 4 is 0 Å². The summed E-state index contributed by atoms with van der Waals surface area (Å²) in [6.07, 6.45) is 17.6. The quantitative estimate of drug-likeness (QED) is 0.322. The highest BCUT2D eigenvalue weighted by Gasteiger charge is 2.42. The molecule has 1 aliphatic rings. The zero-order valence-corrected chi connectivity index (χ0v) is 14.8. The van der Waals surface area contributed by atoms with Crippen LogP contribution >= 0.6 is 0 Å². The topological polar surface area (TPSA) is 41.3 Å². The van der Waals surface area contributed by atoms with Crippen LogP contribution in [0.4, 0.5) is 0 Å². The average Bonchev–Trinajstić information content (AvgIpc) is 2.96. The molecule has 0 saturated heterocycles. The van der Waals surface area contributed by atoms with Crippen molar-refractivity contribution < 1.29 is 0 Å². The number of rotatable bonds is 12. The summed E-state index contributed by atoms with van der Waals surface area (Å²) < 4.78 is 0. The lowest BCUT2D eigenvalue weighted by Crippen LogP contribution is -2.59. The van der Waals surface area contributed by atoms with Gasteiger partial charge in [0.05, 0.1) is 0 Å². The van der Waals surface area contributed by atoms with Crippen LogP contribution in [0.1, 0.15) is 90.4 Å². The molecule has 0 bridgehead atoms. The maximum absolute atomic E-state index is 5.89. The van der Waals surface area contributed by atoms with Crippen molar-refractivity contribution in [1.82, 2.24) is 10.3 Å². The van der Waals surface area contributed by atoms with E-state index in [4.69, 9.17) is 5.84 Å². The summed E-state index contributed by atoms with van der Waals surface area (Å²) >= 11 is 0. The van der Waals surface area contributed by atoms with E-state index >= 15 is 0 Å². The highest BCUT2D eigenvalue weighted by atomic mass is 15.3. The molecule has 1 fully saturated rings. The Morgan fingerprint density at radius 3 is 1.95 bits per heavy atom. The predicted octanol–water partition coefficient (Wildman–Crippen LogP) is 4.22. The lowest BCUT2D eigenvalue weighted by molar-refractivity contribution is 0.0985. The van der Waals surface area contributed by atoms with E-state index < -0.39 is 0 Å². The van der Waals surface area contributed by atoms with Crippen LogP contribution in [0.2, 0.25) is 0 Å². The molecule has 0 radical (unpaired) electrons. The lowest BCUT2D eigenvalue weighted by Gasteiger charge is -2.43. The van der Waals surface area contributed by atoms with Crippen molar-refractivity contribution in [3.05, 3.63) is 0 Å². The fraction of sp³-hybridized carbons (Fsp3) is 1.00. The third kappa shape index (κ3) is 5.88. The Labute approximate surface area is 133 Å². The summed E-state index contributed by atoms with van der Waals surface area (Å²) in [6.45, 7) is 2.28. The molecule has 0 aromatic rings. The molecule has 0 heterocycles. The van der Waals surface area contributed by atoms with Crippen molar-refractivity contribution in [2.45, 2.75) is 102 Å². The number of hydrazine groups is 1. The van der Waals surface area contributed by atoms with Crippen molar-refractivity contribution in [2.75, 3.05) is 14.1 Å². The van der Waals surface area contributed by atoms with Crippen LogP contribution in [-0.4, -0.2) is 30.6 Å². The third-order valence-corrected chi connectivity index (χ3v) is 5.56. The monoisotopic (exact) mass is 297 g/mol. The highest BCUT2D eigenvalue weighted by Crippen LogP contribution is 2.38. The van der Waals surface area contributed by atoms with Gasteiger partial charge in [-0.25, -0.2) is 0 Å². The number of hydrogen-bond acceptors (Lipinski definition) is 3. The molecule has 0 aromatic heterocycles. The van der Waals surface area contributed by atoms with E-state index in [1.54, 1.807) is 0 Å². The average molecular weight is 298 g/mol. The van der Waals surface area contributed by atoms with Gasteiger partial charge in [0, 0.05) is 11.6 Å². The van der Waals surface area contributed by atoms with E-state index in [0.717, 1.165) is 0 Å². The third-order valence-electron chi connectivity index (χ3n) is 5.56. The van der Waals surface area contributed by atoms with Gasteiger partial charge in [-0.05, 0) is 33.4 Å². The first-order valence-corrected chi connectivity index (χ1v) is 9.31. The van der Waals surface area contributed by atoms with Gasteiger partial charge in [0.15, 0.2) is 0 Å². The minimum absolute atomic E-state index is 0.301. The molecule has 126 valence electrons. The summed E-state index contributed by atoms with van der Waals surface area (Å²) in [5.41, 5.74) is 3.44. The van der Waals surface area contributed by atoms with Crippen LogP contribution in [0.3, 0.4) is 0 Å². The number of nitrogens with one attached hydrogen (secondary N) is 1. The van der Waals surface area contributed by atoms with Gasteiger partial charge in [-0.1, -0.05) is 71.1 Å². The number of likely N-dealkylation sites (N-methyl/N-ethyl adjacent to an activating group) is 1. The summed E-state index contributed by atoms with van der Waals surface area (Å²) in [5.74, 6) is 5.89. The van der Waals surface area contributed by atoms with Gasteiger partial charge >= 0.3 is 0 Å². The van der Waals surface area contributed by atoms with E-state index in [1.165, 1.54) is 83.5 Å². The molecule has 1 aliphatic carbocycles. The zero-order chi connectivity index (χ0) is 15.6. The Bertz CT molecular complexity index is 247. The zero-order valence-electron chi connectivity index (χ0n) is 14.8. The van der Waals surface area contributed by atoms with Crippen molar-refractivity contribution in [3.8, 4) is 0 Å². The van der Waals surface area contributed by atoms with Crippen LogP contribution in [0.25, 0.3) is 0 Å². The molecule has 3 heteroatoms. The van der Waals surface area contributed by atoms with E-state index in [2.05, 4.69) is 31.3 Å². The second-order valence-corrected chi connectivity index (χ2v) is 7.19. The van der Waals surface area contributed by atoms with E-state index in [-0.39, 0.29) is 0 Å². The molecule has 1 atom stereocenters. The van der Waals surface area contributed by atoms with Gasteiger partial charge in [-0.15, -0.1) is 0 Å². The van der Waals surface area contributed by atoms with Crippen molar-refractivity contribution in [3.63, 3.8) is 0 Å². The number of unbranched alkanes of at least 4 members (excludes halogenated alkanes) is 7. The largest absolute Gasteiger partial charge is 0.302 e. The Kier molecular flexibility index (Phi) is 9.54. The molecule has 1 saturated carbocycles. The highest BCUT2D eigenvalue weighted by molar-refractivity contribution is 5.01. The smallest absolute Gasteiger partial charge is 0.0394 e. The second kappa shape index (κ2) is 10.6. The molecular formula is C18H39N3. The molecular weight excluding hydrogens is 258 g/mol. The maximum Gasteiger partial charge on any atom is 0.0394 e. The van der Waals surface area contributed by atoms with Crippen LogP contribution in [0.15, 0.2) is 0 Å². The van der Waals surface area contributed by atoms with E-state index in [0.29, 0.717) is 11.6 Å². The van der Waals surface area contributed by atoms with Gasteiger partial charge in [0.1, 0.15) is 0 Å². The Morgan fingerprint density at radius 1 is 0.952 bits per heavy atom. The summed E-state index contributed by atoms with van der Waals surface area (Å²) in [4.78, 5) is 2.43. The minimum atomic E-state index is 0.301. The summed E-state index contributed by atoms with van der Waals surface area (Å²) in [5, 5.41) is 0. The van der Waals surface area contributed by atoms with Crippen LogP contribution in [0, 0.1) is 0 Å². The SMILES string of the molecule is CCCCCCCCCCC(NN)C1(N(C)C)CCCC1. The molecule has 0 aromatic carbocycles. The maximum atomic E-state index is 5.89. The van der Waals surface area contributed by atoms with Gasteiger partial charge in [-0.3, -0.25) is 11.3 Å². The molecule has 21 heavy (non-hydrogen) atoms. The summed E-state index contributed by atoms with van der Waals surface area (Å²) in [6, 6.07) is 0.454. The van der Waals surface area contributed by atoms with Gasteiger partial charge < -0.3 is 4.90 Å². The molecule has 0 aliphatic heterocycles. The lowest BCUT2D eigenvalue weighted by atomic mass is 9.84. The fourth-order valence-electron chi connectivity index (χ4n) is 4.08. The molecule has 3 nitrogen and oxygen atoms in total. The standard InChI is InChI=1S/C18H39N3/c1-4-5-6-7-8-9-10-11-14-17(20-19)18(21(2)3)15-12-13-16-18/h17,20H,4-16,19H2,1-3H3. The molecule has 0 spiro atoms. The van der Waals surface area contributed by atoms with Crippen LogP contribution < -0.4 is 11.3 Å². The van der Waals surface area contributed by atoms with E-state index in [1.807, 2.05) is 0 Å². The summed E-state index contributed by atoms with van der Waals surface area (Å²) in [7, 11) is 4.45. The Hall–Kier alpha value is -0.120. The van der Waals surface area contributed by atoms with Crippen molar-refractivity contribution in [2.24, 2.45) is 5.84 Å². The number of hydrogen-bond donors (Lipinski definition) is 2. The van der Waals surface area contributed by atoms with Crippen LogP contribution in [-0.2, 0) is 0 Å². The Balaban J connectivity index is 2.21. The minimum Gasteiger partial charge on any atom is -0.302 e. The van der Waals surface area contributed by atoms with Gasteiger partial charge in [0.25, 0.3) is 0 Å². The first-order chi connectivity index (χ1) is 10.2. The van der Waals surface area contributed by atoms with Gasteiger partial charge in [0.2, 0.25) is 0 Å². The normalized spacial score (nSPS) is 19.3. The number of nitrogens with zero attached hydrogens (tertiary/aromatic N) is 1.